The lowest BCUT2D eigenvalue weighted by atomic mass is 9.82. The summed E-state index contributed by atoms with van der Waals surface area (Å²) in [6.45, 7) is 4.69. The second-order valence-electron chi connectivity index (χ2n) is 17.7. The van der Waals surface area contributed by atoms with Gasteiger partial charge in [-0.1, -0.05) is 208 Å². The molecule has 306 valence electrons. The first-order valence-corrected chi connectivity index (χ1v) is 22.5. The van der Waals surface area contributed by atoms with E-state index in [9.17, 15) is 0 Å². The highest BCUT2D eigenvalue weighted by molar-refractivity contribution is 6.06. The van der Waals surface area contributed by atoms with Crippen molar-refractivity contribution in [3.8, 4) is 89.5 Å². The van der Waals surface area contributed by atoms with Crippen molar-refractivity contribution in [3.05, 3.63) is 242 Å². The van der Waals surface area contributed by atoms with E-state index in [0.717, 1.165) is 44.6 Å². The first-order valence-electron chi connectivity index (χ1n) is 22.5. The zero-order valence-corrected chi connectivity index (χ0v) is 36.3. The van der Waals surface area contributed by atoms with Crippen LogP contribution in [-0.4, -0.2) is 9.97 Å². The first kappa shape index (κ1) is 38.5. The lowest BCUT2D eigenvalue weighted by Crippen LogP contribution is -2.14. The van der Waals surface area contributed by atoms with Gasteiger partial charge in [0, 0.05) is 22.1 Å². The van der Waals surface area contributed by atoms with Gasteiger partial charge in [-0.15, -0.1) is 0 Å². The van der Waals surface area contributed by atoms with Crippen molar-refractivity contribution in [2.75, 3.05) is 0 Å². The topological polar surface area (TPSA) is 25.8 Å². The standard InChI is InChI=1S/C63H44N2/c1-63(2)58-28-16-15-26-54(58)57-39-46(31-34-59(57)63)48-36-47(45-30-29-41-17-9-10-22-44(41)35-45)37-49(38-48)51-32-33-56(53-25-13-12-24-52(51)53)61-40-60(64-62(65-61)43-20-7-4-8-21-43)55-27-14-11-23-50(55)42-18-5-3-6-19-42/h3-40H,1-2H3. The largest absolute Gasteiger partial charge is 0.228 e. The first-order chi connectivity index (χ1) is 32.0. The van der Waals surface area contributed by atoms with Crippen molar-refractivity contribution in [2.24, 2.45) is 0 Å². The second kappa shape index (κ2) is 15.6. The van der Waals surface area contributed by atoms with E-state index in [-0.39, 0.29) is 5.41 Å². The van der Waals surface area contributed by atoms with Crippen LogP contribution in [0.25, 0.3) is 111 Å². The molecular formula is C63H44N2. The molecule has 1 heterocycles. The quantitative estimate of drug-likeness (QED) is 0.160. The molecule has 0 amide bonds. The zero-order chi connectivity index (χ0) is 43.5. The Morgan fingerprint density at radius 2 is 0.800 bits per heavy atom. The van der Waals surface area contributed by atoms with Crippen LogP contribution in [0, 0.1) is 0 Å². The van der Waals surface area contributed by atoms with E-state index in [1.165, 1.54) is 71.8 Å². The van der Waals surface area contributed by atoms with Crippen molar-refractivity contribution in [1.82, 2.24) is 9.97 Å². The summed E-state index contributed by atoms with van der Waals surface area (Å²) in [7, 11) is 0. The Morgan fingerprint density at radius 3 is 1.55 bits per heavy atom. The van der Waals surface area contributed by atoms with Crippen LogP contribution in [0.2, 0.25) is 0 Å². The van der Waals surface area contributed by atoms with Gasteiger partial charge in [0.15, 0.2) is 5.82 Å². The minimum absolute atomic E-state index is 0.0548. The fourth-order valence-corrected chi connectivity index (χ4v) is 10.2. The molecule has 0 unspecified atom stereocenters. The van der Waals surface area contributed by atoms with Gasteiger partial charge in [-0.3, -0.25) is 0 Å². The lowest BCUT2D eigenvalue weighted by Gasteiger charge is -2.21. The Morgan fingerprint density at radius 1 is 0.277 bits per heavy atom. The smallest absolute Gasteiger partial charge is 0.160 e. The maximum atomic E-state index is 5.33. The maximum absolute atomic E-state index is 5.33. The number of nitrogens with zero attached hydrogens (tertiary/aromatic N) is 2. The maximum Gasteiger partial charge on any atom is 0.160 e. The number of benzene rings is 10. The highest BCUT2D eigenvalue weighted by atomic mass is 14.9. The molecule has 65 heavy (non-hydrogen) atoms. The van der Waals surface area contributed by atoms with Crippen LogP contribution >= 0.6 is 0 Å². The minimum Gasteiger partial charge on any atom is -0.228 e. The Balaban J connectivity index is 1.05. The molecule has 12 rings (SSSR count). The molecule has 1 aromatic heterocycles. The van der Waals surface area contributed by atoms with E-state index >= 15 is 0 Å². The van der Waals surface area contributed by atoms with Gasteiger partial charge in [-0.2, -0.15) is 0 Å². The molecule has 0 saturated heterocycles. The van der Waals surface area contributed by atoms with Gasteiger partial charge >= 0.3 is 0 Å². The summed E-state index contributed by atoms with van der Waals surface area (Å²) in [6, 6.07) is 83.5. The molecule has 0 fully saturated rings. The van der Waals surface area contributed by atoms with Gasteiger partial charge in [-0.25, -0.2) is 9.97 Å². The molecule has 0 saturated carbocycles. The lowest BCUT2D eigenvalue weighted by molar-refractivity contribution is 0.660. The van der Waals surface area contributed by atoms with E-state index < -0.39 is 0 Å². The molecule has 0 bridgehead atoms. The molecule has 1 aliphatic carbocycles. The molecule has 0 atom stereocenters. The van der Waals surface area contributed by atoms with Crippen LogP contribution in [0.1, 0.15) is 25.0 Å². The normalized spacial score (nSPS) is 12.6. The van der Waals surface area contributed by atoms with E-state index in [2.05, 4.69) is 238 Å². The minimum atomic E-state index is -0.0548. The van der Waals surface area contributed by atoms with Gasteiger partial charge in [0.2, 0.25) is 0 Å². The Hall–Kier alpha value is -8.20. The molecule has 0 radical (unpaired) electrons. The number of hydrogen-bond donors (Lipinski definition) is 0. The van der Waals surface area contributed by atoms with Crippen molar-refractivity contribution in [1.29, 1.82) is 0 Å². The Kier molecular flexibility index (Phi) is 9.21. The summed E-state index contributed by atoms with van der Waals surface area (Å²) in [4.78, 5) is 10.6. The van der Waals surface area contributed by atoms with Crippen molar-refractivity contribution in [2.45, 2.75) is 19.3 Å². The molecule has 2 heteroatoms. The molecule has 10 aromatic carbocycles. The third-order valence-electron chi connectivity index (χ3n) is 13.5. The average Bonchev–Trinajstić information content (AvgIpc) is 3.61. The Bertz CT molecular complexity index is 3620. The SMILES string of the molecule is CC1(C)c2ccccc2-c2cc(-c3cc(-c4ccc5ccccc5c4)cc(-c4ccc(-c5cc(-c6ccccc6-c6ccccc6)nc(-c6ccccc6)n5)c5ccccc45)c3)ccc21. The monoisotopic (exact) mass is 828 g/mol. The van der Waals surface area contributed by atoms with E-state index in [1.54, 1.807) is 0 Å². The summed E-state index contributed by atoms with van der Waals surface area (Å²) in [6.07, 6.45) is 0. The van der Waals surface area contributed by atoms with Gasteiger partial charge in [0.05, 0.1) is 11.4 Å². The van der Waals surface area contributed by atoms with Crippen molar-refractivity contribution >= 4 is 21.5 Å². The molecule has 0 aliphatic heterocycles. The number of aromatic nitrogens is 2. The molecule has 0 N–H and O–H groups in total. The van der Waals surface area contributed by atoms with Crippen LogP contribution in [0.5, 0.6) is 0 Å². The van der Waals surface area contributed by atoms with Crippen LogP contribution < -0.4 is 0 Å². The predicted octanol–water partition coefficient (Wildman–Crippen LogP) is 16.8. The number of hydrogen-bond acceptors (Lipinski definition) is 2. The molecule has 0 spiro atoms. The van der Waals surface area contributed by atoms with Gasteiger partial charge in [-0.05, 0) is 125 Å². The third kappa shape index (κ3) is 6.74. The fraction of sp³-hybridized carbons (Fsp3) is 0.0476. The second-order valence-corrected chi connectivity index (χ2v) is 17.7. The third-order valence-corrected chi connectivity index (χ3v) is 13.5. The number of rotatable bonds is 7. The highest BCUT2D eigenvalue weighted by Gasteiger charge is 2.35. The summed E-state index contributed by atoms with van der Waals surface area (Å²) >= 11 is 0. The van der Waals surface area contributed by atoms with Crippen LogP contribution in [0.3, 0.4) is 0 Å². The molecule has 11 aromatic rings. The summed E-state index contributed by atoms with van der Waals surface area (Å²) in [5.74, 6) is 0.696. The molecule has 1 aliphatic rings. The average molecular weight is 829 g/mol. The summed E-state index contributed by atoms with van der Waals surface area (Å²) in [5.41, 5.74) is 19.6. The molecule has 2 nitrogen and oxygen atoms in total. The van der Waals surface area contributed by atoms with Gasteiger partial charge in [0.25, 0.3) is 0 Å². The van der Waals surface area contributed by atoms with Crippen molar-refractivity contribution < 1.29 is 0 Å². The summed E-state index contributed by atoms with van der Waals surface area (Å²) in [5, 5.41) is 4.77. The van der Waals surface area contributed by atoms with Crippen LogP contribution in [0.15, 0.2) is 231 Å². The van der Waals surface area contributed by atoms with Crippen LogP contribution in [0.4, 0.5) is 0 Å². The van der Waals surface area contributed by atoms with E-state index in [1.807, 2.05) is 6.07 Å². The zero-order valence-electron chi connectivity index (χ0n) is 36.3. The summed E-state index contributed by atoms with van der Waals surface area (Å²) < 4.78 is 0. The van der Waals surface area contributed by atoms with Gasteiger partial charge in [0.1, 0.15) is 0 Å². The molecular weight excluding hydrogens is 785 g/mol. The Labute approximate surface area is 380 Å². The number of fused-ring (bicyclic) bond motifs is 5. The fourth-order valence-electron chi connectivity index (χ4n) is 10.2. The van der Waals surface area contributed by atoms with E-state index in [0.29, 0.717) is 5.82 Å². The van der Waals surface area contributed by atoms with Gasteiger partial charge < -0.3 is 0 Å². The van der Waals surface area contributed by atoms with Crippen LogP contribution in [-0.2, 0) is 5.41 Å². The predicted molar refractivity (Wildman–Crippen MR) is 273 cm³/mol. The highest BCUT2D eigenvalue weighted by Crippen LogP contribution is 2.50. The van der Waals surface area contributed by atoms with E-state index in [4.69, 9.17) is 9.97 Å². The van der Waals surface area contributed by atoms with Crippen molar-refractivity contribution in [3.63, 3.8) is 0 Å².